The van der Waals surface area contributed by atoms with E-state index in [-0.39, 0.29) is 27.0 Å². The summed E-state index contributed by atoms with van der Waals surface area (Å²) in [6, 6.07) is 15.8. The van der Waals surface area contributed by atoms with Gasteiger partial charge in [-0.25, -0.2) is 0 Å². The number of fused-ring (bicyclic) bond motifs is 1. The molecule has 0 aliphatic rings. The number of aromatic hydroxyl groups is 1. The zero-order valence-corrected chi connectivity index (χ0v) is 21.7. The Morgan fingerprint density at radius 3 is 2.43 bits per heavy atom. The summed E-state index contributed by atoms with van der Waals surface area (Å²) in [6.45, 7) is 1.56. The fourth-order valence-electron chi connectivity index (χ4n) is 3.61. The van der Waals surface area contributed by atoms with Gasteiger partial charge in [-0.15, -0.1) is 10.2 Å². The number of ether oxygens (including phenoxy) is 1. The number of hydrogen-bond acceptors (Lipinski definition) is 7. The normalized spacial score (nSPS) is 11.7. The maximum atomic E-state index is 13.1. The van der Waals surface area contributed by atoms with Gasteiger partial charge in [0, 0.05) is 11.1 Å². The molecular weight excluding hydrogens is 541 g/mol. The van der Waals surface area contributed by atoms with Crippen molar-refractivity contribution in [3.8, 4) is 11.5 Å². The van der Waals surface area contributed by atoms with Gasteiger partial charge in [-0.2, -0.15) is 8.42 Å². The first kappa shape index (κ1) is 26.4. The number of methoxy groups -OCH3 is 1. The molecule has 0 saturated heterocycles. The lowest BCUT2D eigenvalue weighted by molar-refractivity contribution is 0.102. The molecule has 12 heteroatoms. The Balaban J connectivity index is 1.82. The number of halogens is 2. The van der Waals surface area contributed by atoms with Crippen molar-refractivity contribution in [2.24, 2.45) is 10.2 Å². The van der Waals surface area contributed by atoms with Gasteiger partial charge in [0.25, 0.3) is 16.0 Å². The number of benzene rings is 4. The van der Waals surface area contributed by atoms with E-state index in [1.54, 1.807) is 43.3 Å². The maximum absolute atomic E-state index is 13.1. The highest BCUT2D eigenvalue weighted by molar-refractivity contribution is 7.86. The van der Waals surface area contributed by atoms with Crippen molar-refractivity contribution in [2.45, 2.75) is 11.8 Å². The minimum atomic E-state index is -4.74. The van der Waals surface area contributed by atoms with Crippen LogP contribution in [-0.4, -0.2) is 31.1 Å². The minimum absolute atomic E-state index is 0.0889. The molecule has 0 atom stereocenters. The van der Waals surface area contributed by atoms with Crippen molar-refractivity contribution in [3.05, 3.63) is 81.8 Å². The summed E-state index contributed by atoms with van der Waals surface area (Å²) < 4.78 is 38.7. The van der Waals surface area contributed by atoms with Crippen LogP contribution < -0.4 is 10.1 Å². The van der Waals surface area contributed by atoms with E-state index in [1.165, 1.54) is 31.4 Å². The van der Waals surface area contributed by atoms with Crippen LogP contribution in [0.15, 0.2) is 75.8 Å². The number of nitrogens with one attached hydrogen (secondary N) is 1. The zero-order chi connectivity index (χ0) is 26.9. The van der Waals surface area contributed by atoms with Gasteiger partial charge < -0.3 is 15.2 Å². The van der Waals surface area contributed by atoms with Crippen LogP contribution >= 0.6 is 23.2 Å². The number of carbonyl (C=O) groups excluding carboxylic acids is 1. The number of nitrogens with zero attached hydrogens (tertiary/aromatic N) is 2. The minimum Gasteiger partial charge on any atom is -0.505 e. The van der Waals surface area contributed by atoms with Crippen LogP contribution in [0.2, 0.25) is 10.0 Å². The molecule has 0 unspecified atom stereocenters. The summed E-state index contributed by atoms with van der Waals surface area (Å²) in [7, 11) is -3.28. The summed E-state index contributed by atoms with van der Waals surface area (Å²) in [5.74, 6) is -0.722. The molecule has 1 amide bonds. The summed E-state index contributed by atoms with van der Waals surface area (Å²) in [6.07, 6.45) is 0. The summed E-state index contributed by atoms with van der Waals surface area (Å²) >= 11 is 12.2. The number of hydrogen-bond donors (Lipinski definition) is 3. The molecule has 0 aromatic heterocycles. The van der Waals surface area contributed by atoms with Crippen molar-refractivity contribution >= 4 is 67.1 Å². The smallest absolute Gasteiger partial charge is 0.298 e. The molecule has 0 aliphatic carbocycles. The SMILES string of the molecule is COc1ccc(NC(=O)c2cc3ccccc3c(N=Nc3ccc(C)c(Cl)c3S(=O)(=O)O)c2O)cc1Cl. The van der Waals surface area contributed by atoms with Crippen LogP contribution in [0, 0.1) is 6.92 Å². The van der Waals surface area contributed by atoms with Crippen molar-refractivity contribution in [1.82, 2.24) is 0 Å². The van der Waals surface area contributed by atoms with Crippen LogP contribution in [0.1, 0.15) is 15.9 Å². The average Bonchev–Trinajstić information content (AvgIpc) is 2.84. The molecule has 37 heavy (non-hydrogen) atoms. The van der Waals surface area contributed by atoms with Gasteiger partial charge in [-0.3, -0.25) is 9.35 Å². The molecule has 3 N–H and O–H groups in total. The molecule has 0 saturated carbocycles. The number of anilines is 1. The van der Waals surface area contributed by atoms with Crippen molar-refractivity contribution < 1.29 is 27.6 Å². The monoisotopic (exact) mass is 559 g/mol. The lowest BCUT2D eigenvalue weighted by Gasteiger charge is -2.12. The lowest BCUT2D eigenvalue weighted by atomic mass is 10.0. The number of phenols is 1. The first-order valence-electron chi connectivity index (χ1n) is 10.6. The number of phenolic OH excluding ortho intramolecular Hbond substituents is 1. The van der Waals surface area contributed by atoms with Gasteiger partial charge in [-0.1, -0.05) is 53.5 Å². The van der Waals surface area contributed by atoms with Crippen molar-refractivity contribution in [1.29, 1.82) is 0 Å². The predicted molar refractivity (Wildman–Crippen MR) is 142 cm³/mol. The van der Waals surface area contributed by atoms with Crippen LogP contribution in [0.3, 0.4) is 0 Å². The second-order valence-corrected chi connectivity index (χ2v) is 10.0. The maximum Gasteiger partial charge on any atom is 0.298 e. The van der Waals surface area contributed by atoms with Crippen molar-refractivity contribution in [3.63, 3.8) is 0 Å². The molecule has 0 bridgehead atoms. The molecule has 0 spiro atoms. The van der Waals surface area contributed by atoms with Crippen LogP contribution in [-0.2, 0) is 10.1 Å². The Hall–Kier alpha value is -3.70. The molecule has 4 aromatic carbocycles. The molecule has 0 radical (unpaired) electrons. The quantitative estimate of drug-likeness (QED) is 0.170. The second-order valence-electron chi connectivity index (χ2n) is 7.87. The van der Waals surface area contributed by atoms with Crippen molar-refractivity contribution in [2.75, 3.05) is 12.4 Å². The average molecular weight is 560 g/mol. The van der Waals surface area contributed by atoms with Gasteiger partial charge in [0.1, 0.15) is 22.0 Å². The van der Waals surface area contributed by atoms with E-state index in [0.29, 0.717) is 27.8 Å². The highest BCUT2D eigenvalue weighted by Gasteiger charge is 2.23. The standard InChI is InChI=1S/C25H19Cl2N3O6S/c1-13-7-9-19(24(21(13)27)37(33,34)35)29-30-22-16-6-4-3-5-14(16)11-17(23(22)31)25(32)28-15-8-10-20(36-2)18(26)12-15/h3-12,31H,1-2H3,(H,28,32)(H,33,34,35). The third kappa shape index (κ3) is 5.37. The summed E-state index contributed by atoms with van der Waals surface area (Å²) in [4.78, 5) is 12.5. The number of amides is 1. The molecule has 190 valence electrons. The fraction of sp³-hybridized carbons (Fsp3) is 0.0800. The summed E-state index contributed by atoms with van der Waals surface area (Å²) in [5.41, 5.74) is 0.312. The van der Waals surface area contributed by atoms with Gasteiger partial charge in [0.05, 0.1) is 22.7 Å². The Morgan fingerprint density at radius 1 is 1.03 bits per heavy atom. The molecule has 9 nitrogen and oxygen atoms in total. The third-order valence-electron chi connectivity index (χ3n) is 5.43. The lowest BCUT2D eigenvalue weighted by Crippen LogP contribution is -2.12. The molecule has 4 rings (SSSR count). The van der Waals surface area contributed by atoms with E-state index in [4.69, 9.17) is 27.9 Å². The van der Waals surface area contributed by atoms with E-state index >= 15 is 0 Å². The summed E-state index contributed by atoms with van der Waals surface area (Å²) in [5, 5.41) is 22.8. The first-order valence-corrected chi connectivity index (χ1v) is 12.8. The van der Waals surface area contributed by atoms with Crippen LogP contribution in [0.5, 0.6) is 11.5 Å². The van der Waals surface area contributed by atoms with E-state index in [1.807, 2.05) is 0 Å². The molecular formula is C25H19Cl2N3O6S. The van der Waals surface area contributed by atoms with Gasteiger partial charge >= 0.3 is 0 Å². The van der Waals surface area contributed by atoms with E-state index in [2.05, 4.69) is 15.5 Å². The Bertz CT molecular complexity index is 1690. The highest BCUT2D eigenvalue weighted by atomic mass is 35.5. The van der Waals surface area contributed by atoms with Gasteiger partial charge in [-0.05, 0) is 48.2 Å². The predicted octanol–water partition coefficient (Wildman–Crippen LogP) is 7.08. The van der Waals surface area contributed by atoms with Crippen LogP contribution in [0.25, 0.3) is 10.8 Å². The number of azo groups is 1. The van der Waals surface area contributed by atoms with Gasteiger partial charge in [0.15, 0.2) is 5.75 Å². The Kier molecular flexibility index (Phi) is 7.37. The highest BCUT2D eigenvalue weighted by Crippen LogP contribution is 2.41. The topological polar surface area (TPSA) is 138 Å². The number of rotatable bonds is 6. The second kappa shape index (κ2) is 10.3. The molecule has 0 fully saturated rings. The van der Waals surface area contributed by atoms with Crippen LogP contribution in [0.4, 0.5) is 17.1 Å². The van der Waals surface area contributed by atoms with Gasteiger partial charge in [0.2, 0.25) is 0 Å². The molecule has 4 aromatic rings. The largest absolute Gasteiger partial charge is 0.505 e. The molecule has 0 heterocycles. The molecule has 0 aliphatic heterocycles. The third-order valence-corrected chi connectivity index (χ3v) is 7.26. The zero-order valence-electron chi connectivity index (χ0n) is 19.4. The Morgan fingerprint density at radius 2 is 1.76 bits per heavy atom. The van der Waals surface area contributed by atoms with E-state index < -0.39 is 26.7 Å². The fourth-order valence-corrected chi connectivity index (χ4v) is 5.08. The van der Waals surface area contributed by atoms with E-state index in [9.17, 15) is 22.9 Å². The number of aryl methyl sites for hydroxylation is 1. The van der Waals surface area contributed by atoms with E-state index in [0.717, 1.165) is 0 Å². The first-order chi connectivity index (χ1) is 17.5. The Labute approximate surface area is 222 Å². The number of carbonyl (C=O) groups is 1.